The summed E-state index contributed by atoms with van der Waals surface area (Å²) in [5.41, 5.74) is 4.53. The maximum atomic E-state index is 9.34. The van der Waals surface area contributed by atoms with Gasteiger partial charge in [0.25, 0.3) is 0 Å². The standard InChI is InChI=1S/C13H13NO/c1-9-7-11(15)3-4-12(9)13-5-6-14-8-10(13)2/h3-8,15H,1-2H3. The minimum absolute atomic E-state index is 0.308. The largest absolute Gasteiger partial charge is 0.508 e. The molecule has 0 saturated carbocycles. The topological polar surface area (TPSA) is 33.1 Å². The normalized spacial score (nSPS) is 10.3. The first kappa shape index (κ1) is 9.71. The van der Waals surface area contributed by atoms with E-state index in [1.54, 1.807) is 18.3 Å². The molecule has 0 radical (unpaired) electrons. The molecule has 2 aromatic rings. The van der Waals surface area contributed by atoms with E-state index in [0.29, 0.717) is 5.75 Å². The second-order valence-electron chi connectivity index (χ2n) is 3.69. The van der Waals surface area contributed by atoms with E-state index in [2.05, 4.69) is 4.98 Å². The van der Waals surface area contributed by atoms with Crippen molar-refractivity contribution in [2.75, 3.05) is 0 Å². The summed E-state index contributed by atoms with van der Waals surface area (Å²) in [5, 5.41) is 9.34. The molecule has 2 nitrogen and oxygen atoms in total. The van der Waals surface area contributed by atoms with Crippen LogP contribution in [0.25, 0.3) is 11.1 Å². The summed E-state index contributed by atoms with van der Waals surface area (Å²) in [6.07, 6.45) is 3.64. The molecule has 1 N–H and O–H groups in total. The summed E-state index contributed by atoms with van der Waals surface area (Å²) in [4.78, 5) is 4.07. The number of phenols is 1. The SMILES string of the molecule is Cc1cnccc1-c1ccc(O)cc1C. The number of aromatic nitrogens is 1. The van der Waals surface area contributed by atoms with Crippen LogP contribution < -0.4 is 0 Å². The number of hydrogen-bond donors (Lipinski definition) is 1. The van der Waals surface area contributed by atoms with E-state index in [9.17, 15) is 5.11 Å². The molecule has 1 heterocycles. The molecule has 2 rings (SSSR count). The van der Waals surface area contributed by atoms with E-state index in [1.165, 1.54) is 5.56 Å². The van der Waals surface area contributed by atoms with Crippen LogP contribution in [0.1, 0.15) is 11.1 Å². The highest BCUT2D eigenvalue weighted by Crippen LogP contribution is 2.28. The van der Waals surface area contributed by atoms with Crippen LogP contribution in [0.4, 0.5) is 0 Å². The Morgan fingerprint density at radius 2 is 1.73 bits per heavy atom. The Morgan fingerprint density at radius 3 is 2.40 bits per heavy atom. The van der Waals surface area contributed by atoms with Crippen LogP contribution in [-0.4, -0.2) is 10.1 Å². The molecule has 0 aliphatic rings. The van der Waals surface area contributed by atoms with E-state index < -0.39 is 0 Å². The van der Waals surface area contributed by atoms with Crippen molar-refractivity contribution in [3.05, 3.63) is 47.8 Å². The molecule has 0 aliphatic carbocycles. The van der Waals surface area contributed by atoms with Crippen molar-refractivity contribution < 1.29 is 5.11 Å². The van der Waals surface area contributed by atoms with Gasteiger partial charge in [0, 0.05) is 12.4 Å². The third kappa shape index (κ3) is 1.84. The third-order valence-electron chi connectivity index (χ3n) is 2.52. The molecule has 0 fully saturated rings. The van der Waals surface area contributed by atoms with Gasteiger partial charge in [-0.15, -0.1) is 0 Å². The molecule has 0 spiro atoms. The summed E-state index contributed by atoms with van der Waals surface area (Å²) in [6, 6.07) is 7.42. The van der Waals surface area contributed by atoms with Gasteiger partial charge in [-0.3, -0.25) is 4.98 Å². The molecular weight excluding hydrogens is 186 g/mol. The number of hydrogen-bond acceptors (Lipinski definition) is 2. The molecule has 2 heteroatoms. The third-order valence-corrected chi connectivity index (χ3v) is 2.52. The van der Waals surface area contributed by atoms with Crippen LogP contribution >= 0.6 is 0 Å². The Bertz CT molecular complexity index is 492. The predicted molar refractivity (Wildman–Crippen MR) is 60.8 cm³/mol. The molecule has 1 aromatic carbocycles. The molecule has 0 amide bonds. The molecular formula is C13H13NO. The van der Waals surface area contributed by atoms with Crippen molar-refractivity contribution >= 4 is 0 Å². The van der Waals surface area contributed by atoms with Gasteiger partial charge >= 0.3 is 0 Å². The van der Waals surface area contributed by atoms with Gasteiger partial charge in [-0.2, -0.15) is 0 Å². The molecule has 0 aliphatic heterocycles. The van der Waals surface area contributed by atoms with Crippen LogP contribution in [0.3, 0.4) is 0 Å². The van der Waals surface area contributed by atoms with Gasteiger partial charge in [0.1, 0.15) is 5.75 Å². The predicted octanol–water partition coefficient (Wildman–Crippen LogP) is 3.07. The van der Waals surface area contributed by atoms with Crippen molar-refractivity contribution in [2.45, 2.75) is 13.8 Å². The number of aromatic hydroxyl groups is 1. The summed E-state index contributed by atoms with van der Waals surface area (Å²) >= 11 is 0. The number of phenolic OH excluding ortho intramolecular Hbond substituents is 1. The fourth-order valence-corrected chi connectivity index (χ4v) is 1.73. The van der Waals surface area contributed by atoms with E-state index >= 15 is 0 Å². The second-order valence-corrected chi connectivity index (χ2v) is 3.69. The molecule has 0 saturated heterocycles. The average Bonchev–Trinajstić information content (AvgIpc) is 2.20. The molecule has 0 bridgehead atoms. The zero-order chi connectivity index (χ0) is 10.8. The fourth-order valence-electron chi connectivity index (χ4n) is 1.73. The van der Waals surface area contributed by atoms with Gasteiger partial charge in [0.05, 0.1) is 0 Å². The summed E-state index contributed by atoms with van der Waals surface area (Å²) in [5.74, 6) is 0.308. The van der Waals surface area contributed by atoms with Crippen molar-refractivity contribution in [1.82, 2.24) is 4.98 Å². The molecule has 0 atom stereocenters. The second kappa shape index (κ2) is 3.73. The van der Waals surface area contributed by atoms with Gasteiger partial charge in [0.15, 0.2) is 0 Å². The molecule has 76 valence electrons. The molecule has 0 unspecified atom stereocenters. The van der Waals surface area contributed by atoms with E-state index in [-0.39, 0.29) is 0 Å². The Labute approximate surface area is 89.2 Å². The van der Waals surface area contributed by atoms with E-state index in [0.717, 1.165) is 16.7 Å². The van der Waals surface area contributed by atoms with E-state index in [4.69, 9.17) is 0 Å². The maximum Gasteiger partial charge on any atom is 0.115 e. The van der Waals surface area contributed by atoms with Crippen molar-refractivity contribution in [3.63, 3.8) is 0 Å². The van der Waals surface area contributed by atoms with Gasteiger partial charge < -0.3 is 5.11 Å². The zero-order valence-electron chi connectivity index (χ0n) is 8.86. The lowest BCUT2D eigenvalue weighted by molar-refractivity contribution is 0.475. The summed E-state index contributed by atoms with van der Waals surface area (Å²) < 4.78 is 0. The fraction of sp³-hybridized carbons (Fsp3) is 0.154. The average molecular weight is 199 g/mol. The van der Waals surface area contributed by atoms with Gasteiger partial charge in [-0.05, 0) is 54.3 Å². The number of nitrogens with zero attached hydrogens (tertiary/aromatic N) is 1. The number of aryl methyl sites for hydroxylation is 2. The van der Waals surface area contributed by atoms with Gasteiger partial charge in [-0.1, -0.05) is 6.07 Å². The van der Waals surface area contributed by atoms with Crippen LogP contribution in [0.5, 0.6) is 5.75 Å². The highest BCUT2D eigenvalue weighted by atomic mass is 16.3. The van der Waals surface area contributed by atoms with Gasteiger partial charge in [0.2, 0.25) is 0 Å². The Kier molecular flexibility index (Phi) is 2.42. The van der Waals surface area contributed by atoms with Crippen molar-refractivity contribution in [2.24, 2.45) is 0 Å². The molecule has 1 aromatic heterocycles. The zero-order valence-corrected chi connectivity index (χ0v) is 8.86. The van der Waals surface area contributed by atoms with Gasteiger partial charge in [-0.25, -0.2) is 0 Å². The highest BCUT2D eigenvalue weighted by molar-refractivity contribution is 5.70. The van der Waals surface area contributed by atoms with Crippen LogP contribution in [0, 0.1) is 13.8 Å². The lowest BCUT2D eigenvalue weighted by Gasteiger charge is -2.08. The Hall–Kier alpha value is -1.83. The lowest BCUT2D eigenvalue weighted by atomic mass is 9.98. The summed E-state index contributed by atoms with van der Waals surface area (Å²) in [6.45, 7) is 4.03. The van der Waals surface area contributed by atoms with Crippen LogP contribution in [-0.2, 0) is 0 Å². The minimum atomic E-state index is 0.308. The quantitative estimate of drug-likeness (QED) is 0.765. The Morgan fingerprint density at radius 1 is 1.00 bits per heavy atom. The lowest BCUT2D eigenvalue weighted by Crippen LogP contribution is -1.87. The maximum absolute atomic E-state index is 9.34. The first-order valence-corrected chi connectivity index (χ1v) is 4.89. The number of rotatable bonds is 1. The van der Waals surface area contributed by atoms with Crippen molar-refractivity contribution in [1.29, 1.82) is 0 Å². The molecule has 15 heavy (non-hydrogen) atoms. The number of benzene rings is 1. The van der Waals surface area contributed by atoms with Crippen LogP contribution in [0.2, 0.25) is 0 Å². The first-order chi connectivity index (χ1) is 7.18. The smallest absolute Gasteiger partial charge is 0.115 e. The van der Waals surface area contributed by atoms with E-state index in [1.807, 2.05) is 32.2 Å². The first-order valence-electron chi connectivity index (χ1n) is 4.89. The monoisotopic (exact) mass is 199 g/mol. The highest BCUT2D eigenvalue weighted by Gasteiger charge is 2.04. The van der Waals surface area contributed by atoms with Crippen molar-refractivity contribution in [3.8, 4) is 16.9 Å². The summed E-state index contributed by atoms with van der Waals surface area (Å²) in [7, 11) is 0. The van der Waals surface area contributed by atoms with Crippen LogP contribution in [0.15, 0.2) is 36.7 Å². The Balaban J connectivity index is 2.60. The number of pyridine rings is 1. The minimum Gasteiger partial charge on any atom is -0.508 e.